The molecule has 0 saturated carbocycles. The molecule has 104 valence electrons. The lowest BCUT2D eigenvalue weighted by atomic mass is 10.0. The molecule has 0 spiro atoms. The van der Waals surface area contributed by atoms with Crippen LogP contribution in [0.4, 0.5) is 5.69 Å². The maximum Gasteiger partial charge on any atom is 0.330 e. The van der Waals surface area contributed by atoms with Crippen LogP contribution in [0.15, 0.2) is 60.7 Å². The molecule has 1 aliphatic heterocycles. The molecule has 4 heteroatoms. The Hall–Kier alpha value is -2.88. The van der Waals surface area contributed by atoms with E-state index in [2.05, 4.69) is 0 Å². The Bertz CT molecular complexity index is 722. The van der Waals surface area contributed by atoms with E-state index in [1.807, 2.05) is 18.2 Å². The number of carboxylic acids is 1. The van der Waals surface area contributed by atoms with Crippen LogP contribution in [-0.2, 0) is 4.79 Å². The molecule has 21 heavy (non-hydrogen) atoms. The van der Waals surface area contributed by atoms with E-state index >= 15 is 0 Å². The zero-order valence-electron chi connectivity index (χ0n) is 11.1. The first-order valence-electron chi connectivity index (χ1n) is 6.57. The Morgan fingerprint density at radius 3 is 2.33 bits per heavy atom. The summed E-state index contributed by atoms with van der Waals surface area (Å²) in [5, 5.41) is 9.38. The number of aliphatic carboxylic acids is 1. The molecule has 0 aliphatic carbocycles. The lowest BCUT2D eigenvalue weighted by Crippen LogP contribution is -2.45. The molecule has 0 aromatic heterocycles. The van der Waals surface area contributed by atoms with Gasteiger partial charge in [0.1, 0.15) is 0 Å². The number of amides is 1. The van der Waals surface area contributed by atoms with Gasteiger partial charge < -0.3 is 5.11 Å². The summed E-state index contributed by atoms with van der Waals surface area (Å²) in [4.78, 5) is 25.5. The Balaban J connectivity index is 2.10. The number of benzene rings is 2. The fourth-order valence-electron chi connectivity index (χ4n) is 2.43. The van der Waals surface area contributed by atoms with Crippen LogP contribution >= 0.6 is 0 Å². The number of rotatable bonds is 2. The van der Waals surface area contributed by atoms with Crippen molar-refractivity contribution in [2.75, 3.05) is 4.90 Å². The van der Waals surface area contributed by atoms with Crippen molar-refractivity contribution >= 4 is 23.6 Å². The number of carbonyl (C=O) groups excluding carboxylic acids is 1. The van der Waals surface area contributed by atoms with Crippen LogP contribution in [0, 0.1) is 0 Å². The smallest absolute Gasteiger partial charge is 0.330 e. The highest BCUT2D eigenvalue weighted by molar-refractivity contribution is 6.11. The highest BCUT2D eigenvalue weighted by atomic mass is 16.4. The number of carbonyl (C=O) groups is 2. The quantitative estimate of drug-likeness (QED) is 0.919. The molecule has 1 heterocycles. The monoisotopic (exact) mass is 279 g/mol. The zero-order valence-corrected chi connectivity index (χ0v) is 11.1. The highest BCUT2D eigenvalue weighted by Crippen LogP contribution is 2.30. The third-order valence-electron chi connectivity index (χ3n) is 3.43. The van der Waals surface area contributed by atoms with Gasteiger partial charge in [-0.3, -0.25) is 9.69 Å². The van der Waals surface area contributed by atoms with E-state index in [4.69, 9.17) is 0 Å². The van der Waals surface area contributed by atoms with Crippen molar-refractivity contribution in [3.05, 3.63) is 71.8 Å². The first kappa shape index (κ1) is 13.1. The van der Waals surface area contributed by atoms with E-state index in [1.165, 1.54) is 11.0 Å². The van der Waals surface area contributed by atoms with Gasteiger partial charge in [-0.25, -0.2) is 4.79 Å². The summed E-state index contributed by atoms with van der Waals surface area (Å²) in [6.07, 6.45) is 3.27. The number of hydrogen-bond donors (Lipinski definition) is 1. The standard InChI is InChI=1S/C17H13NO3/c19-16(13-7-2-1-3-8-13)18-14-9-5-4-6-12(14)10-11-15(18)17(20)21/h1-11,15H,(H,20,21)/t15-/m0/s1. The van der Waals surface area contributed by atoms with Gasteiger partial charge in [-0.1, -0.05) is 42.5 Å². The van der Waals surface area contributed by atoms with Crippen LogP contribution < -0.4 is 4.90 Å². The minimum Gasteiger partial charge on any atom is -0.479 e. The highest BCUT2D eigenvalue weighted by Gasteiger charge is 2.33. The first-order valence-corrected chi connectivity index (χ1v) is 6.57. The molecule has 1 atom stereocenters. The second-order valence-electron chi connectivity index (χ2n) is 4.74. The van der Waals surface area contributed by atoms with E-state index in [-0.39, 0.29) is 5.91 Å². The topological polar surface area (TPSA) is 57.6 Å². The van der Waals surface area contributed by atoms with Crippen molar-refractivity contribution in [1.82, 2.24) is 0 Å². The summed E-state index contributed by atoms with van der Waals surface area (Å²) in [5.74, 6) is -1.37. The van der Waals surface area contributed by atoms with Gasteiger partial charge in [-0.15, -0.1) is 0 Å². The van der Waals surface area contributed by atoms with E-state index < -0.39 is 12.0 Å². The minimum atomic E-state index is -1.05. The van der Waals surface area contributed by atoms with E-state index in [1.54, 1.807) is 42.5 Å². The molecule has 3 rings (SSSR count). The molecule has 0 radical (unpaired) electrons. The molecule has 1 aliphatic rings. The molecule has 2 aromatic rings. The van der Waals surface area contributed by atoms with Crippen LogP contribution in [0.5, 0.6) is 0 Å². The number of fused-ring (bicyclic) bond motifs is 1. The Kier molecular flexibility index (Phi) is 3.28. The van der Waals surface area contributed by atoms with Gasteiger partial charge in [0.15, 0.2) is 6.04 Å². The molecule has 1 N–H and O–H groups in total. The van der Waals surface area contributed by atoms with Crippen molar-refractivity contribution < 1.29 is 14.7 Å². The van der Waals surface area contributed by atoms with Gasteiger partial charge in [0, 0.05) is 5.56 Å². The Morgan fingerprint density at radius 2 is 1.62 bits per heavy atom. The number of hydrogen-bond acceptors (Lipinski definition) is 2. The van der Waals surface area contributed by atoms with Crippen molar-refractivity contribution in [3.8, 4) is 0 Å². The Morgan fingerprint density at radius 1 is 0.952 bits per heavy atom. The SMILES string of the molecule is O=C(O)[C@@H]1C=Cc2ccccc2N1C(=O)c1ccccc1. The minimum absolute atomic E-state index is 0.320. The van der Waals surface area contributed by atoms with Crippen molar-refractivity contribution in [2.45, 2.75) is 6.04 Å². The zero-order chi connectivity index (χ0) is 14.8. The van der Waals surface area contributed by atoms with Crippen molar-refractivity contribution in [1.29, 1.82) is 0 Å². The van der Waals surface area contributed by atoms with E-state index in [0.29, 0.717) is 11.3 Å². The maximum atomic E-state index is 12.7. The van der Waals surface area contributed by atoms with Gasteiger partial charge in [-0.2, -0.15) is 0 Å². The second-order valence-corrected chi connectivity index (χ2v) is 4.74. The number of para-hydroxylation sites is 1. The van der Waals surface area contributed by atoms with E-state index in [0.717, 1.165) is 5.56 Å². The summed E-state index contributed by atoms with van der Waals surface area (Å²) in [7, 11) is 0. The van der Waals surface area contributed by atoms with Gasteiger partial charge >= 0.3 is 5.97 Å². The summed E-state index contributed by atoms with van der Waals surface area (Å²) < 4.78 is 0. The summed E-state index contributed by atoms with van der Waals surface area (Å²) in [6.45, 7) is 0. The molecule has 2 aromatic carbocycles. The molecule has 0 unspecified atom stereocenters. The second kappa shape index (κ2) is 5.25. The Labute approximate surface area is 121 Å². The summed E-state index contributed by atoms with van der Waals surface area (Å²) in [5.41, 5.74) is 1.91. The van der Waals surface area contributed by atoms with Crippen LogP contribution in [0.25, 0.3) is 6.08 Å². The van der Waals surface area contributed by atoms with Crippen LogP contribution in [0.3, 0.4) is 0 Å². The fraction of sp³-hybridized carbons (Fsp3) is 0.0588. The molecule has 1 amide bonds. The first-order chi connectivity index (χ1) is 10.2. The average Bonchev–Trinajstić information content (AvgIpc) is 2.53. The largest absolute Gasteiger partial charge is 0.479 e. The summed E-state index contributed by atoms with van der Waals surface area (Å²) in [6, 6.07) is 15.0. The van der Waals surface area contributed by atoms with Gasteiger partial charge in [0.25, 0.3) is 5.91 Å². The number of anilines is 1. The predicted octanol–water partition coefficient (Wildman–Crippen LogP) is 2.81. The van der Waals surface area contributed by atoms with Gasteiger partial charge in [0.2, 0.25) is 0 Å². The average molecular weight is 279 g/mol. The van der Waals surface area contributed by atoms with Crippen molar-refractivity contribution in [2.24, 2.45) is 0 Å². The lowest BCUT2D eigenvalue weighted by Gasteiger charge is -2.31. The normalized spacial score (nSPS) is 16.4. The van der Waals surface area contributed by atoms with E-state index in [9.17, 15) is 14.7 Å². The predicted molar refractivity (Wildman–Crippen MR) is 80.2 cm³/mol. The third-order valence-corrected chi connectivity index (χ3v) is 3.43. The van der Waals surface area contributed by atoms with Gasteiger partial charge in [0.05, 0.1) is 5.69 Å². The van der Waals surface area contributed by atoms with Crippen LogP contribution in [0.2, 0.25) is 0 Å². The summed E-state index contributed by atoms with van der Waals surface area (Å²) >= 11 is 0. The lowest BCUT2D eigenvalue weighted by molar-refractivity contribution is -0.137. The van der Waals surface area contributed by atoms with Crippen LogP contribution in [0.1, 0.15) is 15.9 Å². The molecule has 0 saturated heterocycles. The number of carboxylic acid groups (broad SMARTS) is 1. The van der Waals surface area contributed by atoms with Gasteiger partial charge in [-0.05, 0) is 29.8 Å². The van der Waals surface area contributed by atoms with Crippen molar-refractivity contribution in [3.63, 3.8) is 0 Å². The fourth-order valence-corrected chi connectivity index (χ4v) is 2.43. The molecule has 0 fully saturated rings. The maximum absolute atomic E-state index is 12.7. The molecular formula is C17H13NO3. The van der Waals surface area contributed by atoms with Crippen LogP contribution in [-0.4, -0.2) is 23.0 Å². The third kappa shape index (κ3) is 2.31. The molecular weight excluding hydrogens is 266 g/mol. The molecule has 4 nitrogen and oxygen atoms in total. The number of nitrogens with zero attached hydrogens (tertiary/aromatic N) is 1. The molecule has 0 bridgehead atoms.